The monoisotopic (exact) mass is 211 g/mol. The van der Waals surface area contributed by atoms with Crippen LogP contribution in [0, 0.1) is 11.3 Å². The lowest BCUT2D eigenvalue weighted by molar-refractivity contribution is -0.00527. The van der Waals surface area contributed by atoms with Crippen molar-refractivity contribution in [2.75, 3.05) is 13.1 Å². The molecule has 0 amide bonds. The topological polar surface area (TPSA) is 23.5 Å². The number of fused-ring (bicyclic) bond motifs is 1. The lowest BCUT2D eigenvalue weighted by Gasteiger charge is -2.43. The minimum Gasteiger partial charge on any atom is -0.392 e. The van der Waals surface area contributed by atoms with Crippen molar-refractivity contribution >= 4 is 0 Å². The van der Waals surface area contributed by atoms with Crippen LogP contribution in [0.5, 0.6) is 0 Å². The normalized spacial score (nSPS) is 38.0. The van der Waals surface area contributed by atoms with E-state index in [1.165, 1.54) is 19.3 Å². The minimum atomic E-state index is -0.0771. The van der Waals surface area contributed by atoms with E-state index < -0.39 is 0 Å². The maximum absolute atomic E-state index is 9.88. The molecule has 88 valence electrons. The summed E-state index contributed by atoms with van der Waals surface area (Å²) in [4.78, 5) is 2.55. The van der Waals surface area contributed by atoms with Gasteiger partial charge >= 0.3 is 0 Å². The van der Waals surface area contributed by atoms with Crippen LogP contribution in [0.4, 0.5) is 0 Å². The van der Waals surface area contributed by atoms with Gasteiger partial charge in [-0.3, -0.25) is 4.90 Å². The van der Waals surface area contributed by atoms with E-state index in [0.717, 1.165) is 31.5 Å². The SMILES string of the molecule is CC(C)(C)CN1C[C@@H](O)C[C@H]2CCC[C@H]21. The molecule has 0 unspecified atom stereocenters. The van der Waals surface area contributed by atoms with E-state index in [-0.39, 0.29) is 6.10 Å². The third-order valence-corrected chi connectivity index (χ3v) is 3.79. The van der Waals surface area contributed by atoms with Gasteiger partial charge in [0.05, 0.1) is 6.10 Å². The number of aliphatic hydroxyl groups excluding tert-OH is 1. The van der Waals surface area contributed by atoms with Crippen molar-refractivity contribution in [3.63, 3.8) is 0 Å². The molecule has 0 radical (unpaired) electrons. The summed E-state index contributed by atoms with van der Waals surface area (Å²) in [6.07, 6.45) is 5.02. The molecule has 15 heavy (non-hydrogen) atoms. The molecular formula is C13H25NO. The Kier molecular flexibility index (Phi) is 3.09. The van der Waals surface area contributed by atoms with Crippen LogP contribution in [0.2, 0.25) is 0 Å². The first-order valence-electron chi connectivity index (χ1n) is 6.38. The molecule has 2 nitrogen and oxygen atoms in total. The average molecular weight is 211 g/mol. The Hall–Kier alpha value is -0.0800. The van der Waals surface area contributed by atoms with Gasteiger partial charge in [0.2, 0.25) is 0 Å². The van der Waals surface area contributed by atoms with E-state index in [0.29, 0.717) is 5.41 Å². The van der Waals surface area contributed by atoms with Crippen molar-refractivity contribution in [3.05, 3.63) is 0 Å². The molecule has 0 aromatic carbocycles. The fourth-order valence-corrected chi connectivity index (χ4v) is 3.39. The molecule has 1 aliphatic heterocycles. The Balaban J connectivity index is 2.02. The van der Waals surface area contributed by atoms with Gasteiger partial charge in [-0.2, -0.15) is 0 Å². The maximum Gasteiger partial charge on any atom is 0.0670 e. The molecule has 2 heteroatoms. The van der Waals surface area contributed by atoms with Gasteiger partial charge < -0.3 is 5.11 Å². The summed E-state index contributed by atoms with van der Waals surface area (Å²) in [6, 6.07) is 0.771. The van der Waals surface area contributed by atoms with E-state index >= 15 is 0 Å². The highest BCUT2D eigenvalue weighted by Crippen LogP contribution is 2.38. The van der Waals surface area contributed by atoms with Gasteiger partial charge in [-0.15, -0.1) is 0 Å². The first kappa shape index (κ1) is 11.4. The van der Waals surface area contributed by atoms with E-state index in [1.807, 2.05) is 0 Å². The van der Waals surface area contributed by atoms with Gasteiger partial charge in [-0.1, -0.05) is 27.2 Å². The number of hydrogen-bond donors (Lipinski definition) is 1. The number of aliphatic hydroxyl groups is 1. The lowest BCUT2D eigenvalue weighted by atomic mass is 9.87. The Morgan fingerprint density at radius 3 is 2.67 bits per heavy atom. The minimum absolute atomic E-state index is 0.0771. The quantitative estimate of drug-likeness (QED) is 0.719. The number of piperidine rings is 1. The van der Waals surface area contributed by atoms with Crippen molar-refractivity contribution in [3.8, 4) is 0 Å². The molecule has 2 rings (SSSR count). The molecular weight excluding hydrogens is 186 g/mol. The Bertz CT molecular complexity index is 221. The molecule has 1 saturated carbocycles. The van der Waals surface area contributed by atoms with Crippen LogP contribution in [0.1, 0.15) is 46.5 Å². The van der Waals surface area contributed by atoms with E-state index in [9.17, 15) is 5.11 Å². The van der Waals surface area contributed by atoms with Crippen molar-refractivity contribution in [2.24, 2.45) is 11.3 Å². The van der Waals surface area contributed by atoms with Gasteiger partial charge in [0.15, 0.2) is 0 Å². The molecule has 2 aliphatic rings. The van der Waals surface area contributed by atoms with Crippen molar-refractivity contribution in [1.29, 1.82) is 0 Å². The Labute approximate surface area is 93.7 Å². The second-order valence-corrected chi connectivity index (χ2v) is 6.64. The smallest absolute Gasteiger partial charge is 0.0670 e. The fourth-order valence-electron chi connectivity index (χ4n) is 3.39. The molecule has 3 atom stereocenters. The molecule has 0 aromatic heterocycles. The third-order valence-electron chi connectivity index (χ3n) is 3.79. The van der Waals surface area contributed by atoms with Crippen LogP contribution in [-0.4, -0.2) is 35.2 Å². The first-order valence-corrected chi connectivity index (χ1v) is 6.38. The van der Waals surface area contributed by atoms with Gasteiger partial charge in [0.1, 0.15) is 0 Å². The van der Waals surface area contributed by atoms with Gasteiger partial charge in [-0.25, -0.2) is 0 Å². The zero-order valence-electron chi connectivity index (χ0n) is 10.4. The van der Waals surface area contributed by atoms with Crippen molar-refractivity contribution in [1.82, 2.24) is 4.90 Å². The van der Waals surface area contributed by atoms with Crippen LogP contribution in [0.3, 0.4) is 0 Å². The van der Waals surface area contributed by atoms with Crippen molar-refractivity contribution < 1.29 is 5.11 Å². The highest BCUT2D eigenvalue weighted by Gasteiger charge is 2.39. The summed E-state index contributed by atoms with van der Waals surface area (Å²) in [5, 5.41) is 9.88. The van der Waals surface area contributed by atoms with E-state index in [2.05, 4.69) is 25.7 Å². The summed E-state index contributed by atoms with van der Waals surface area (Å²) in [6.45, 7) is 8.90. The predicted molar refractivity (Wildman–Crippen MR) is 62.8 cm³/mol. The predicted octanol–water partition coefficient (Wildman–Crippen LogP) is 2.27. The molecule has 1 aliphatic carbocycles. The standard InChI is InChI=1S/C13H25NO/c1-13(2,3)9-14-8-11(15)7-10-5-4-6-12(10)14/h10-12,15H,4-9H2,1-3H3/t10-,11+,12-/m1/s1. The molecule has 2 fully saturated rings. The highest BCUT2D eigenvalue weighted by molar-refractivity contribution is 4.93. The second-order valence-electron chi connectivity index (χ2n) is 6.64. The first-order chi connectivity index (χ1) is 6.96. The average Bonchev–Trinajstić information content (AvgIpc) is 2.48. The highest BCUT2D eigenvalue weighted by atomic mass is 16.3. The van der Waals surface area contributed by atoms with Gasteiger partial charge in [-0.05, 0) is 30.6 Å². The zero-order chi connectivity index (χ0) is 11.1. The summed E-state index contributed by atoms with van der Waals surface area (Å²) in [7, 11) is 0. The van der Waals surface area contributed by atoms with Crippen LogP contribution < -0.4 is 0 Å². The maximum atomic E-state index is 9.88. The summed E-state index contributed by atoms with van der Waals surface area (Å²) >= 11 is 0. The number of likely N-dealkylation sites (tertiary alicyclic amines) is 1. The number of hydrogen-bond acceptors (Lipinski definition) is 2. The molecule has 1 saturated heterocycles. The summed E-state index contributed by atoms with van der Waals surface area (Å²) < 4.78 is 0. The summed E-state index contributed by atoms with van der Waals surface area (Å²) in [5.41, 5.74) is 0.351. The van der Waals surface area contributed by atoms with Gasteiger partial charge in [0.25, 0.3) is 0 Å². The molecule has 0 bridgehead atoms. The molecule has 0 spiro atoms. The molecule has 1 N–H and O–H groups in total. The van der Waals surface area contributed by atoms with E-state index in [4.69, 9.17) is 0 Å². The largest absolute Gasteiger partial charge is 0.392 e. The second kappa shape index (κ2) is 4.06. The lowest BCUT2D eigenvalue weighted by Crippen LogP contribution is -2.51. The number of β-amino-alcohol motifs (C(OH)–C–C–N with tert-alkyl or cyclic N) is 1. The summed E-state index contributed by atoms with van der Waals surface area (Å²) in [5.74, 6) is 0.774. The fraction of sp³-hybridized carbons (Fsp3) is 1.00. The van der Waals surface area contributed by atoms with Crippen LogP contribution in [0.15, 0.2) is 0 Å². The Morgan fingerprint density at radius 1 is 1.27 bits per heavy atom. The molecule has 0 aromatic rings. The Morgan fingerprint density at radius 2 is 2.00 bits per heavy atom. The third kappa shape index (κ3) is 2.73. The number of nitrogens with zero attached hydrogens (tertiary/aromatic N) is 1. The van der Waals surface area contributed by atoms with E-state index in [1.54, 1.807) is 0 Å². The van der Waals surface area contributed by atoms with Gasteiger partial charge in [0, 0.05) is 19.1 Å². The van der Waals surface area contributed by atoms with Crippen molar-refractivity contribution in [2.45, 2.75) is 58.6 Å². The zero-order valence-corrected chi connectivity index (χ0v) is 10.4. The number of rotatable bonds is 1. The van der Waals surface area contributed by atoms with Crippen LogP contribution in [0.25, 0.3) is 0 Å². The molecule has 1 heterocycles. The van der Waals surface area contributed by atoms with Crippen LogP contribution >= 0.6 is 0 Å². The van der Waals surface area contributed by atoms with Crippen LogP contribution in [-0.2, 0) is 0 Å².